The summed E-state index contributed by atoms with van der Waals surface area (Å²) in [6, 6.07) is 19.0. The molecule has 5 heterocycles. The second-order valence-corrected chi connectivity index (χ2v) is 24.1. The van der Waals surface area contributed by atoms with Crippen molar-refractivity contribution in [3.63, 3.8) is 0 Å². The Bertz CT molecular complexity index is 3060. The number of halogens is 2. The molecular weight excluding hydrogens is 996 g/mol. The van der Waals surface area contributed by atoms with Gasteiger partial charge in [-0.3, -0.25) is 23.6 Å². The zero-order valence-corrected chi connectivity index (χ0v) is 44.5. The molecule has 13 nitrogen and oxygen atoms in total. The number of β-amino-alcohol motifs (C(OH)–C–C–N with tert-alkyl or cyclic N) is 1. The summed E-state index contributed by atoms with van der Waals surface area (Å²) in [4.78, 5) is 69.2. The average molecular weight is 1060 g/mol. The van der Waals surface area contributed by atoms with Crippen LogP contribution in [-0.4, -0.2) is 102 Å². The van der Waals surface area contributed by atoms with Crippen LogP contribution in [0.15, 0.2) is 75.4 Å². The molecule has 0 spiro atoms. The molecule has 0 radical (unpaired) electrons. The van der Waals surface area contributed by atoms with Crippen LogP contribution in [0.4, 0.5) is 4.39 Å². The molecular formula is C56H68BrFN8O5S. The molecule has 3 aromatic heterocycles. The third-order valence-electron chi connectivity index (χ3n) is 16.2. The predicted molar refractivity (Wildman–Crippen MR) is 285 cm³/mol. The first-order valence-corrected chi connectivity index (χ1v) is 27.8. The van der Waals surface area contributed by atoms with Crippen LogP contribution in [0, 0.1) is 18.3 Å². The fourth-order valence-electron chi connectivity index (χ4n) is 11.7. The standard InChI is InChI=1S/C56H68BrFN8O5S/c1-33(21-26-63-27-22-35(23-28-63)38-18-20-43-45(29-38)65(39-9-6-7-10-39)54-62-51(69)47-41(57)11-8-12-44(47)66(43)54)13-19-42(36-14-16-37(17-15-36)48-34(2)59-32-72-48)60-50(68)46-30-40(67)31-64(46)52(70)49(55(3,4)5)61-53(71)56(58)24-25-56/h8,11-12,14-18,20,29,32-33,35,39-40,42,46,49,67H,6-7,9-10,13,19,21-28,30-31H2,1-5H3,(H,60,68)(H,61,71)/t33-,40-,42-,46-,49+/m0/s1. The molecule has 16 heteroatoms. The summed E-state index contributed by atoms with van der Waals surface area (Å²) in [5.41, 5.74) is 6.32. The molecule has 72 heavy (non-hydrogen) atoms. The zero-order valence-electron chi connectivity index (χ0n) is 42.1. The van der Waals surface area contributed by atoms with E-state index in [9.17, 15) is 28.7 Å². The Kier molecular flexibility index (Phi) is 14.3. The first-order valence-electron chi connectivity index (χ1n) is 26.1. The van der Waals surface area contributed by atoms with Gasteiger partial charge in [0.2, 0.25) is 17.6 Å². The van der Waals surface area contributed by atoms with Gasteiger partial charge >= 0.3 is 0 Å². The van der Waals surface area contributed by atoms with Gasteiger partial charge in [0.1, 0.15) is 12.1 Å². The van der Waals surface area contributed by atoms with Gasteiger partial charge in [-0.25, -0.2) is 9.37 Å². The molecule has 5 atom stereocenters. The number of piperidine rings is 1. The summed E-state index contributed by atoms with van der Waals surface area (Å²) in [6.07, 6.45) is 8.58. The fourth-order valence-corrected chi connectivity index (χ4v) is 13.0. The van der Waals surface area contributed by atoms with E-state index < -0.39 is 41.1 Å². The van der Waals surface area contributed by atoms with E-state index in [4.69, 9.17) is 4.98 Å². The van der Waals surface area contributed by atoms with Crippen LogP contribution < -0.4 is 16.2 Å². The zero-order chi connectivity index (χ0) is 50.6. The van der Waals surface area contributed by atoms with Crippen LogP contribution in [0.1, 0.15) is 140 Å². The largest absolute Gasteiger partial charge is 0.391 e. The van der Waals surface area contributed by atoms with Gasteiger partial charge in [0.15, 0.2) is 5.67 Å². The van der Waals surface area contributed by atoms with Gasteiger partial charge in [-0.05, 0) is 158 Å². The number of alkyl halides is 1. The number of nitrogens with one attached hydrogen (secondary N) is 2. The van der Waals surface area contributed by atoms with Crippen molar-refractivity contribution in [2.24, 2.45) is 11.3 Å². The molecule has 3 amide bonds. The number of imidazole rings is 1. The molecule has 382 valence electrons. The highest BCUT2D eigenvalue weighted by Crippen LogP contribution is 2.42. The Balaban J connectivity index is 0.801. The Morgan fingerprint density at radius 1 is 0.944 bits per heavy atom. The second-order valence-electron chi connectivity index (χ2n) is 22.4. The van der Waals surface area contributed by atoms with Crippen LogP contribution in [0.5, 0.6) is 0 Å². The van der Waals surface area contributed by atoms with E-state index in [-0.39, 0.29) is 43.3 Å². The van der Waals surface area contributed by atoms with Crippen LogP contribution in [0.3, 0.4) is 0 Å². The number of hydrogen-bond donors (Lipinski definition) is 3. The molecule has 3 N–H and O–H groups in total. The number of aliphatic hydroxyl groups excluding tert-OH is 1. The van der Waals surface area contributed by atoms with Gasteiger partial charge in [-0.1, -0.05) is 76.9 Å². The SMILES string of the molecule is Cc1ncsc1-c1ccc([C@H](CC[C@H](C)CCN2CCC(c3ccc4c(c3)n(C3CCCC3)c3nc(=O)c5c(Br)cccc5n43)CC2)NC(=O)[C@@H]2C[C@H](O)CN2C(=O)[C@@H](NC(=O)C2(F)CC2)C(C)(C)C)cc1. The molecule has 2 aliphatic heterocycles. The number of thiazole rings is 1. The predicted octanol–water partition coefficient (Wildman–Crippen LogP) is 9.95. The van der Waals surface area contributed by atoms with Gasteiger partial charge in [0.25, 0.3) is 11.5 Å². The third kappa shape index (κ3) is 10.1. The summed E-state index contributed by atoms with van der Waals surface area (Å²) in [7, 11) is 0. The van der Waals surface area contributed by atoms with Gasteiger partial charge in [-0.15, -0.1) is 11.3 Å². The Morgan fingerprint density at radius 3 is 2.36 bits per heavy atom. The van der Waals surface area contributed by atoms with Crippen LogP contribution in [-0.2, 0) is 14.4 Å². The van der Waals surface area contributed by atoms with E-state index in [0.717, 1.165) is 107 Å². The van der Waals surface area contributed by atoms with Gasteiger partial charge in [0, 0.05) is 23.5 Å². The molecule has 4 aliphatic rings. The number of fused-ring (bicyclic) bond motifs is 5. The molecule has 2 saturated carbocycles. The minimum absolute atomic E-state index is 0.0553. The number of aliphatic hydroxyl groups is 1. The van der Waals surface area contributed by atoms with E-state index in [2.05, 4.69) is 94.8 Å². The van der Waals surface area contributed by atoms with E-state index in [1.165, 1.54) is 23.3 Å². The lowest BCUT2D eigenvalue weighted by molar-refractivity contribution is -0.145. The van der Waals surface area contributed by atoms with Crippen molar-refractivity contribution < 1.29 is 23.9 Å². The van der Waals surface area contributed by atoms with E-state index >= 15 is 0 Å². The van der Waals surface area contributed by atoms with Crippen molar-refractivity contribution >= 4 is 72.7 Å². The number of likely N-dealkylation sites (tertiary alicyclic amines) is 2. The number of rotatable bonds is 15. The molecule has 6 aromatic rings. The molecule has 2 aliphatic carbocycles. The van der Waals surface area contributed by atoms with E-state index in [1.807, 2.05) is 30.6 Å². The highest BCUT2D eigenvalue weighted by molar-refractivity contribution is 9.10. The first kappa shape index (κ1) is 50.5. The number of carbonyl (C=O) groups is 3. The molecule has 0 bridgehead atoms. The number of aryl methyl sites for hydroxylation is 1. The maximum atomic E-state index is 14.8. The molecule has 4 fully saturated rings. The lowest BCUT2D eigenvalue weighted by Crippen LogP contribution is -2.59. The van der Waals surface area contributed by atoms with Crippen LogP contribution >= 0.6 is 27.3 Å². The Morgan fingerprint density at radius 2 is 1.68 bits per heavy atom. The summed E-state index contributed by atoms with van der Waals surface area (Å²) in [5, 5.41) is 17.5. The van der Waals surface area contributed by atoms with E-state index in [0.29, 0.717) is 29.7 Å². The normalized spacial score (nSPS) is 21.1. The Hall–Kier alpha value is -5.03. The lowest BCUT2D eigenvalue weighted by atomic mass is 9.85. The minimum atomic E-state index is -1.96. The average Bonchev–Trinajstić information content (AvgIpc) is 3.81. The van der Waals surface area contributed by atoms with Gasteiger partial charge in [-0.2, -0.15) is 4.98 Å². The summed E-state index contributed by atoms with van der Waals surface area (Å²) < 4.78 is 20.1. The molecule has 0 unspecified atom stereocenters. The number of aromatic nitrogens is 4. The Labute approximate surface area is 433 Å². The minimum Gasteiger partial charge on any atom is -0.391 e. The molecule has 2 saturated heterocycles. The van der Waals surface area contributed by atoms with Crippen molar-refractivity contribution in [3.05, 3.63) is 97.8 Å². The second kappa shape index (κ2) is 20.4. The lowest BCUT2D eigenvalue weighted by Gasteiger charge is -2.36. The fraction of sp³-hybridized carbons (Fsp3) is 0.536. The quantitative estimate of drug-likeness (QED) is 0.0919. The highest BCUT2D eigenvalue weighted by atomic mass is 79.9. The monoisotopic (exact) mass is 1060 g/mol. The number of hydrogen-bond acceptors (Lipinski definition) is 9. The summed E-state index contributed by atoms with van der Waals surface area (Å²) >= 11 is 5.21. The number of nitrogens with zero attached hydrogens (tertiary/aromatic N) is 6. The summed E-state index contributed by atoms with van der Waals surface area (Å²) in [6.45, 7) is 12.6. The van der Waals surface area contributed by atoms with Crippen molar-refractivity contribution in [2.45, 2.75) is 154 Å². The number of amides is 3. The maximum absolute atomic E-state index is 14.8. The van der Waals surface area contributed by atoms with Crippen molar-refractivity contribution in [3.8, 4) is 10.4 Å². The maximum Gasteiger partial charge on any atom is 0.283 e. The number of carbonyl (C=O) groups excluding carboxylic acids is 3. The first-order chi connectivity index (χ1) is 34.5. The number of benzene rings is 3. The molecule has 3 aromatic carbocycles. The van der Waals surface area contributed by atoms with Crippen molar-refractivity contribution in [1.82, 2.24) is 39.4 Å². The van der Waals surface area contributed by atoms with Crippen molar-refractivity contribution in [2.75, 3.05) is 26.2 Å². The van der Waals surface area contributed by atoms with Crippen LogP contribution in [0.2, 0.25) is 0 Å². The van der Waals surface area contributed by atoms with Gasteiger partial charge in [0.05, 0.1) is 50.2 Å². The third-order valence-corrected chi connectivity index (χ3v) is 17.8. The van der Waals surface area contributed by atoms with Crippen LogP contribution in [0.25, 0.3) is 38.2 Å². The molecule has 10 rings (SSSR count). The van der Waals surface area contributed by atoms with Crippen molar-refractivity contribution in [1.29, 1.82) is 0 Å². The van der Waals surface area contributed by atoms with E-state index in [1.54, 1.807) is 32.1 Å². The highest BCUT2D eigenvalue weighted by Gasteiger charge is 2.53. The summed E-state index contributed by atoms with van der Waals surface area (Å²) in [5.74, 6) is -0.136. The smallest absolute Gasteiger partial charge is 0.283 e. The topological polar surface area (TPSA) is 154 Å². The van der Waals surface area contributed by atoms with Gasteiger partial charge < -0.3 is 30.1 Å².